The van der Waals surface area contributed by atoms with Gasteiger partial charge in [0.25, 0.3) is 5.56 Å². The Balaban J connectivity index is 1.53. The SMILES string of the molecule is Cc1cccc(C=Nn2c(-c3ccc(CSc4ccncc4)cc3)nc3ccc(Br)cc3c2=O)c1. The predicted molar refractivity (Wildman–Crippen MR) is 147 cm³/mol. The molecule has 2 heterocycles. The van der Waals surface area contributed by atoms with Crippen molar-refractivity contribution < 1.29 is 0 Å². The van der Waals surface area contributed by atoms with Crippen LogP contribution in [0.15, 0.2) is 111 Å². The predicted octanol–water partition coefficient (Wildman–Crippen LogP) is 6.70. The Morgan fingerprint density at radius 2 is 1.80 bits per heavy atom. The second kappa shape index (κ2) is 10.4. The number of aromatic nitrogens is 3. The van der Waals surface area contributed by atoms with E-state index >= 15 is 0 Å². The number of hydrogen-bond donors (Lipinski definition) is 0. The number of halogens is 1. The molecule has 3 aromatic carbocycles. The van der Waals surface area contributed by atoms with Crippen molar-refractivity contribution in [1.82, 2.24) is 14.6 Å². The molecule has 0 bridgehead atoms. The first-order valence-electron chi connectivity index (χ1n) is 11.0. The van der Waals surface area contributed by atoms with Gasteiger partial charge < -0.3 is 0 Å². The van der Waals surface area contributed by atoms with E-state index in [1.54, 1.807) is 36.4 Å². The molecule has 0 radical (unpaired) electrons. The minimum absolute atomic E-state index is 0.215. The van der Waals surface area contributed by atoms with Gasteiger partial charge >= 0.3 is 0 Å². The minimum atomic E-state index is -0.215. The Hall–Kier alpha value is -3.55. The van der Waals surface area contributed by atoms with Crippen LogP contribution in [0.3, 0.4) is 0 Å². The van der Waals surface area contributed by atoms with Crippen molar-refractivity contribution in [3.8, 4) is 11.4 Å². The van der Waals surface area contributed by atoms with Gasteiger partial charge in [-0.05, 0) is 48.4 Å². The Bertz CT molecular complexity index is 1580. The van der Waals surface area contributed by atoms with Gasteiger partial charge in [-0.3, -0.25) is 9.78 Å². The average Bonchev–Trinajstić information content (AvgIpc) is 2.88. The fraction of sp³-hybridized carbons (Fsp3) is 0.0714. The van der Waals surface area contributed by atoms with E-state index in [0.717, 1.165) is 26.9 Å². The number of hydrogen-bond acceptors (Lipinski definition) is 5. The molecular formula is C28H21BrN4OS. The number of nitrogens with zero attached hydrogens (tertiary/aromatic N) is 4. The van der Waals surface area contributed by atoms with Crippen LogP contribution in [0.4, 0.5) is 0 Å². The topological polar surface area (TPSA) is 60.1 Å². The molecular weight excluding hydrogens is 520 g/mol. The van der Waals surface area contributed by atoms with Crippen LogP contribution < -0.4 is 5.56 Å². The lowest BCUT2D eigenvalue weighted by Crippen LogP contribution is -2.20. The van der Waals surface area contributed by atoms with Gasteiger partial charge in [0.15, 0.2) is 5.82 Å². The molecule has 0 aliphatic heterocycles. The molecule has 0 saturated heterocycles. The Morgan fingerprint density at radius 3 is 2.57 bits per heavy atom. The number of thioether (sulfide) groups is 1. The van der Waals surface area contributed by atoms with Crippen LogP contribution in [-0.2, 0) is 5.75 Å². The summed E-state index contributed by atoms with van der Waals surface area (Å²) >= 11 is 5.21. The fourth-order valence-electron chi connectivity index (χ4n) is 3.67. The van der Waals surface area contributed by atoms with E-state index < -0.39 is 0 Å². The summed E-state index contributed by atoms with van der Waals surface area (Å²) in [5.41, 5.74) is 4.46. The van der Waals surface area contributed by atoms with Crippen LogP contribution in [-0.4, -0.2) is 20.9 Å². The molecule has 0 saturated carbocycles. The zero-order valence-corrected chi connectivity index (χ0v) is 21.3. The molecule has 5 rings (SSSR count). The summed E-state index contributed by atoms with van der Waals surface area (Å²) in [6.07, 6.45) is 5.29. The summed E-state index contributed by atoms with van der Waals surface area (Å²) in [7, 11) is 0. The Morgan fingerprint density at radius 1 is 1.00 bits per heavy atom. The summed E-state index contributed by atoms with van der Waals surface area (Å²) in [5.74, 6) is 1.34. The monoisotopic (exact) mass is 540 g/mol. The molecule has 35 heavy (non-hydrogen) atoms. The third-order valence-electron chi connectivity index (χ3n) is 5.44. The Labute approximate surface area is 215 Å². The van der Waals surface area contributed by atoms with Crippen molar-refractivity contribution in [3.63, 3.8) is 0 Å². The number of rotatable bonds is 6. The van der Waals surface area contributed by atoms with Gasteiger partial charge in [-0.15, -0.1) is 11.8 Å². The number of aryl methyl sites for hydroxylation is 1. The summed E-state index contributed by atoms with van der Waals surface area (Å²) in [6.45, 7) is 2.03. The van der Waals surface area contributed by atoms with Crippen molar-refractivity contribution in [3.05, 3.63) is 123 Å². The zero-order chi connectivity index (χ0) is 24.2. The van der Waals surface area contributed by atoms with E-state index in [2.05, 4.69) is 38.1 Å². The van der Waals surface area contributed by atoms with Gasteiger partial charge in [0.05, 0.1) is 17.1 Å². The summed E-state index contributed by atoms with van der Waals surface area (Å²) in [6, 6.07) is 25.6. The highest BCUT2D eigenvalue weighted by atomic mass is 79.9. The molecule has 0 amide bonds. The lowest BCUT2D eigenvalue weighted by Gasteiger charge is -2.10. The normalized spacial score (nSPS) is 11.4. The molecule has 0 fully saturated rings. The van der Waals surface area contributed by atoms with Gasteiger partial charge in [0.1, 0.15) is 0 Å². The van der Waals surface area contributed by atoms with Crippen LogP contribution in [0.2, 0.25) is 0 Å². The molecule has 0 spiro atoms. The molecule has 172 valence electrons. The van der Waals surface area contributed by atoms with Crippen LogP contribution in [0.5, 0.6) is 0 Å². The first kappa shape index (κ1) is 23.2. The highest BCUT2D eigenvalue weighted by Gasteiger charge is 2.13. The van der Waals surface area contributed by atoms with Crippen molar-refractivity contribution >= 4 is 44.8 Å². The van der Waals surface area contributed by atoms with Crippen molar-refractivity contribution in [2.24, 2.45) is 5.10 Å². The van der Waals surface area contributed by atoms with Crippen LogP contribution in [0, 0.1) is 6.92 Å². The summed E-state index contributed by atoms with van der Waals surface area (Å²) in [5, 5.41) is 5.07. The lowest BCUT2D eigenvalue weighted by molar-refractivity contribution is 0.829. The van der Waals surface area contributed by atoms with Gasteiger partial charge in [-0.25, -0.2) is 4.98 Å². The maximum Gasteiger partial charge on any atom is 0.282 e. The quantitative estimate of drug-likeness (QED) is 0.177. The molecule has 0 aliphatic carbocycles. The first-order valence-corrected chi connectivity index (χ1v) is 12.8. The molecule has 0 aliphatic rings. The molecule has 5 aromatic rings. The van der Waals surface area contributed by atoms with E-state index in [1.807, 2.05) is 67.6 Å². The fourth-order valence-corrected chi connectivity index (χ4v) is 4.87. The van der Waals surface area contributed by atoms with Crippen LogP contribution >= 0.6 is 27.7 Å². The highest BCUT2D eigenvalue weighted by molar-refractivity contribution is 9.10. The number of pyridine rings is 1. The largest absolute Gasteiger partial charge is 0.282 e. The van der Waals surface area contributed by atoms with Gasteiger partial charge in [0.2, 0.25) is 0 Å². The van der Waals surface area contributed by atoms with E-state index in [-0.39, 0.29) is 5.56 Å². The molecule has 0 unspecified atom stereocenters. The van der Waals surface area contributed by atoms with E-state index in [0.29, 0.717) is 16.7 Å². The third-order valence-corrected chi connectivity index (χ3v) is 7.02. The molecule has 5 nitrogen and oxygen atoms in total. The molecule has 0 atom stereocenters. The lowest BCUT2D eigenvalue weighted by atomic mass is 10.1. The maximum absolute atomic E-state index is 13.5. The van der Waals surface area contributed by atoms with E-state index in [1.165, 1.54) is 15.1 Å². The smallest absolute Gasteiger partial charge is 0.267 e. The standard InChI is InChI=1S/C28H21BrN4OS/c1-19-3-2-4-21(15-19)17-31-33-27(32-26-10-9-23(29)16-25(26)28(33)34)22-7-5-20(6-8-22)18-35-24-11-13-30-14-12-24/h2-17H,18H2,1H3. The van der Waals surface area contributed by atoms with Gasteiger partial charge in [-0.1, -0.05) is 70.0 Å². The van der Waals surface area contributed by atoms with E-state index in [9.17, 15) is 4.79 Å². The summed E-state index contributed by atoms with van der Waals surface area (Å²) in [4.78, 5) is 23.5. The molecule has 2 aromatic heterocycles. The minimum Gasteiger partial charge on any atom is -0.267 e. The highest BCUT2D eigenvalue weighted by Crippen LogP contribution is 2.25. The second-order valence-corrected chi connectivity index (χ2v) is 10.0. The van der Waals surface area contributed by atoms with Gasteiger partial charge in [0, 0.05) is 33.1 Å². The van der Waals surface area contributed by atoms with Crippen LogP contribution in [0.25, 0.3) is 22.3 Å². The van der Waals surface area contributed by atoms with Crippen molar-refractivity contribution in [2.45, 2.75) is 17.6 Å². The van der Waals surface area contributed by atoms with Gasteiger partial charge in [-0.2, -0.15) is 9.78 Å². The van der Waals surface area contributed by atoms with Crippen LogP contribution in [0.1, 0.15) is 16.7 Å². The van der Waals surface area contributed by atoms with Crippen molar-refractivity contribution in [2.75, 3.05) is 0 Å². The second-order valence-electron chi connectivity index (χ2n) is 8.04. The Kier molecular flexibility index (Phi) is 6.88. The van der Waals surface area contributed by atoms with E-state index in [4.69, 9.17) is 4.98 Å². The molecule has 0 N–H and O–H groups in total. The first-order chi connectivity index (χ1) is 17.1. The average molecular weight is 541 g/mol. The number of benzene rings is 3. The zero-order valence-electron chi connectivity index (χ0n) is 18.9. The molecule has 7 heteroatoms. The third kappa shape index (κ3) is 5.42. The van der Waals surface area contributed by atoms with Crippen molar-refractivity contribution in [1.29, 1.82) is 0 Å². The summed E-state index contributed by atoms with van der Waals surface area (Å²) < 4.78 is 2.21. The maximum atomic E-state index is 13.5. The number of fused-ring (bicyclic) bond motifs is 1.